The maximum absolute atomic E-state index is 5.18. The van der Waals surface area contributed by atoms with Gasteiger partial charge in [0.25, 0.3) is 0 Å². The molecule has 1 aliphatic heterocycles. The van der Waals surface area contributed by atoms with Crippen LogP contribution in [0.2, 0.25) is 0 Å². The molecule has 0 saturated carbocycles. The Morgan fingerprint density at radius 3 is 2.88 bits per heavy atom. The van der Waals surface area contributed by atoms with Gasteiger partial charge in [0.1, 0.15) is 18.1 Å². The Kier molecular flexibility index (Phi) is 4.37. The van der Waals surface area contributed by atoms with Crippen molar-refractivity contribution in [2.24, 2.45) is 0 Å². The molecule has 130 valence electrons. The standard InChI is InChI=1S/C18H22N6O/c1-25-16-7-5-14(6-8-16)10-19-15-11-20-23(12-15)13-18-22-21-17-4-2-3-9-24(17)18/h5-8,11-12,19H,2-4,9-10,13H2,1H3. The number of rotatable bonds is 6. The van der Waals surface area contributed by atoms with Crippen LogP contribution in [0.4, 0.5) is 5.69 Å². The fraction of sp³-hybridized carbons (Fsp3) is 0.389. The van der Waals surface area contributed by atoms with E-state index in [4.69, 9.17) is 4.74 Å². The lowest BCUT2D eigenvalue weighted by Crippen LogP contribution is -2.15. The third-order valence-corrected chi connectivity index (χ3v) is 4.53. The normalized spacial score (nSPS) is 13.5. The van der Waals surface area contributed by atoms with E-state index in [0.717, 1.165) is 42.6 Å². The van der Waals surface area contributed by atoms with Gasteiger partial charge < -0.3 is 14.6 Å². The Bertz CT molecular complexity index is 836. The third-order valence-electron chi connectivity index (χ3n) is 4.53. The molecule has 1 aliphatic rings. The summed E-state index contributed by atoms with van der Waals surface area (Å²) in [6, 6.07) is 8.04. The fourth-order valence-electron chi connectivity index (χ4n) is 3.12. The number of hydrogen-bond donors (Lipinski definition) is 1. The van der Waals surface area contributed by atoms with Gasteiger partial charge in [0.2, 0.25) is 0 Å². The molecular weight excluding hydrogens is 316 g/mol. The first kappa shape index (κ1) is 15.7. The van der Waals surface area contributed by atoms with Crippen molar-refractivity contribution in [1.29, 1.82) is 0 Å². The van der Waals surface area contributed by atoms with Crippen molar-refractivity contribution >= 4 is 5.69 Å². The van der Waals surface area contributed by atoms with Gasteiger partial charge >= 0.3 is 0 Å². The smallest absolute Gasteiger partial charge is 0.154 e. The molecule has 0 atom stereocenters. The summed E-state index contributed by atoms with van der Waals surface area (Å²) < 4.78 is 9.31. The average Bonchev–Trinajstić information content (AvgIpc) is 3.28. The summed E-state index contributed by atoms with van der Waals surface area (Å²) in [7, 11) is 1.67. The van der Waals surface area contributed by atoms with Crippen molar-refractivity contribution in [3.8, 4) is 5.75 Å². The van der Waals surface area contributed by atoms with Crippen LogP contribution in [0, 0.1) is 0 Å². The zero-order valence-corrected chi connectivity index (χ0v) is 14.4. The summed E-state index contributed by atoms with van der Waals surface area (Å²) >= 11 is 0. The molecule has 0 aliphatic carbocycles. The number of hydrogen-bond acceptors (Lipinski definition) is 5. The number of aryl methyl sites for hydroxylation is 1. The minimum absolute atomic E-state index is 0.650. The second kappa shape index (κ2) is 6.96. The molecule has 0 saturated heterocycles. The predicted molar refractivity (Wildman–Crippen MR) is 94.6 cm³/mol. The summed E-state index contributed by atoms with van der Waals surface area (Å²) in [5.74, 6) is 2.96. The van der Waals surface area contributed by atoms with Crippen LogP contribution in [0.25, 0.3) is 0 Å². The largest absolute Gasteiger partial charge is 0.497 e. The van der Waals surface area contributed by atoms with Gasteiger partial charge in [0.05, 0.1) is 19.0 Å². The molecule has 7 nitrogen and oxygen atoms in total. The van der Waals surface area contributed by atoms with E-state index < -0.39 is 0 Å². The van der Waals surface area contributed by atoms with Crippen LogP contribution in [0.1, 0.15) is 30.1 Å². The lowest BCUT2D eigenvalue weighted by Gasteiger charge is -2.14. The van der Waals surface area contributed by atoms with Crippen LogP contribution in [-0.4, -0.2) is 31.7 Å². The minimum Gasteiger partial charge on any atom is -0.497 e. The van der Waals surface area contributed by atoms with Gasteiger partial charge in [-0.2, -0.15) is 5.10 Å². The molecule has 0 unspecified atom stereocenters. The average molecular weight is 338 g/mol. The number of benzene rings is 1. The zero-order valence-electron chi connectivity index (χ0n) is 14.4. The topological polar surface area (TPSA) is 69.8 Å². The zero-order chi connectivity index (χ0) is 17.1. The Hall–Kier alpha value is -2.83. The van der Waals surface area contributed by atoms with Crippen molar-refractivity contribution < 1.29 is 4.74 Å². The fourth-order valence-corrected chi connectivity index (χ4v) is 3.12. The SMILES string of the molecule is COc1ccc(CNc2cnn(Cc3nnc4n3CCCC4)c2)cc1. The second-order valence-corrected chi connectivity index (χ2v) is 6.27. The van der Waals surface area contributed by atoms with Gasteiger partial charge in [-0.05, 0) is 30.5 Å². The van der Waals surface area contributed by atoms with Crippen molar-refractivity contribution in [3.05, 3.63) is 53.9 Å². The lowest BCUT2D eigenvalue weighted by molar-refractivity contribution is 0.414. The molecule has 25 heavy (non-hydrogen) atoms. The number of anilines is 1. The minimum atomic E-state index is 0.650. The summed E-state index contributed by atoms with van der Waals surface area (Å²) in [5, 5.41) is 16.5. The summed E-state index contributed by atoms with van der Waals surface area (Å²) in [5.41, 5.74) is 2.19. The van der Waals surface area contributed by atoms with E-state index in [0.29, 0.717) is 6.54 Å². The Morgan fingerprint density at radius 2 is 2.04 bits per heavy atom. The van der Waals surface area contributed by atoms with Gasteiger partial charge in [0.15, 0.2) is 5.82 Å². The lowest BCUT2D eigenvalue weighted by atomic mass is 10.2. The maximum Gasteiger partial charge on any atom is 0.154 e. The van der Waals surface area contributed by atoms with Crippen molar-refractivity contribution in [2.45, 2.75) is 38.9 Å². The number of aromatic nitrogens is 5. The van der Waals surface area contributed by atoms with Crippen LogP contribution in [0.15, 0.2) is 36.7 Å². The van der Waals surface area contributed by atoms with Crippen LogP contribution >= 0.6 is 0 Å². The van der Waals surface area contributed by atoms with E-state index in [2.05, 4.69) is 37.3 Å². The maximum atomic E-state index is 5.18. The van der Waals surface area contributed by atoms with Gasteiger partial charge in [-0.15, -0.1) is 10.2 Å². The molecule has 3 heterocycles. The van der Waals surface area contributed by atoms with E-state index in [1.54, 1.807) is 7.11 Å². The summed E-state index contributed by atoms with van der Waals surface area (Å²) in [6.07, 6.45) is 7.29. The Labute approximate surface area is 146 Å². The molecule has 0 fully saturated rings. The van der Waals surface area contributed by atoms with Crippen molar-refractivity contribution in [1.82, 2.24) is 24.5 Å². The highest BCUT2D eigenvalue weighted by Gasteiger charge is 2.16. The first-order valence-corrected chi connectivity index (χ1v) is 8.62. The monoisotopic (exact) mass is 338 g/mol. The van der Waals surface area contributed by atoms with Crippen molar-refractivity contribution in [3.63, 3.8) is 0 Å². The molecule has 1 aromatic carbocycles. The first-order valence-electron chi connectivity index (χ1n) is 8.62. The van der Waals surface area contributed by atoms with E-state index in [1.165, 1.54) is 18.4 Å². The van der Waals surface area contributed by atoms with E-state index in [1.807, 2.05) is 29.2 Å². The number of fused-ring (bicyclic) bond motifs is 1. The molecule has 1 N–H and O–H groups in total. The predicted octanol–water partition coefficient (Wildman–Crippen LogP) is 2.48. The highest BCUT2D eigenvalue weighted by Crippen LogP contribution is 2.16. The third kappa shape index (κ3) is 3.50. The van der Waals surface area contributed by atoms with Crippen LogP contribution < -0.4 is 10.1 Å². The van der Waals surface area contributed by atoms with Gasteiger partial charge in [-0.3, -0.25) is 4.68 Å². The summed E-state index contributed by atoms with van der Waals surface area (Å²) in [6.45, 7) is 2.41. The second-order valence-electron chi connectivity index (χ2n) is 6.27. The molecule has 4 rings (SSSR count). The molecular formula is C18H22N6O. The van der Waals surface area contributed by atoms with Gasteiger partial charge in [0, 0.05) is 25.7 Å². The highest BCUT2D eigenvalue weighted by molar-refractivity contribution is 5.40. The number of nitrogens with one attached hydrogen (secondary N) is 1. The molecule has 2 aromatic heterocycles. The van der Waals surface area contributed by atoms with Gasteiger partial charge in [-0.1, -0.05) is 12.1 Å². The summed E-state index contributed by atoms with van der Waals surface area (Å²) in [4.78, 5) is 0. The van der Waals surface area contributed by atoms with Crippen LogP contribution in [0.5, 0.6) is 5.75 Å². The number of methoxy groups -OCH3 is 1. The Morgan fingerprint density at radius 1 is 1.16 bits per heavy atom. The molecule has 0 radical (unpaired) electrons. The number of ether oxygens (including phenoxy) is 1. The van der Waals surface area contributed by atoms with Crippen LogP contribution in [-0.2, 0) is 26.1 Å². The molecule has 0 spiro atoms. The van der Waals surface area contributed by atoms with Crippen molar-refractivity contribution in [2.75, 3.05) is 12.4 Å². The Balaban J connectivity index is 1.37. The van der Waals surface area contributed by atoms with Crippen LogP contribution in [0.3, 0.4) is 0 Å². The van der Waals surface area contributed by atoms with E-state index >= 15 is 0 Å². The quantitative estimate of drug-likeness (QED) is 0.748. The molecule has 7 heteroatoms. The first-order chi connectivity index (χ1) is 12.3. The highest BCUT2D eigenvalue weighted by atomic mass is 16.5. The molecule has 3 aromatic rings. The number of nitrogens with zero attached hydrogens (tertiary/aromatic N) is 5. The van der Waals surface area contributed by atoms with Gasteiger partial charge in [-0.25, -0.2) is 0 Å². The van der Waals surface area contributed by atoms with E-state index in [-0.39, 0.29) is 0 Å². The molecule has 0 bridgehead atoms. The van der Waals surface area contributed by atoms with E-state index in [9.17, 15) is 0 Å². The molecule has 0 amide bonds.